The van der Waals surface area contributed by atoms with Crippen LogP contribution in [0.3, 0.4) is 0 Å². The van der Waals surface area contributed by atoms with Gasteiger partial charge in [0.25, 0.3) is 0 Å². The lowest BCUT2D eigenvalue weighted by Crippen LogP contribution is -2.48. The first-order valence-electron chi connectivity index (χ1n) is 6.94. The molecule has 0 bridgehead atoms. The summed E-state index contributed by atoms with van der Waals surface area (Å²) in [5, 5.41) is 0. The molecule has 17 heavy (non-hydrogen) atoms. The zero-order chi connectivity index (χ0) is 12.3. The summed E-state index contributed by atoms with van der Waals surface area (Å²) in [6.07, 6.45) is 4.90. The van der Waals surface area contributed by atoms with E-state index in [1.165, 1.54) is 0 Å². The molecule has 1 atom stereocenters. The van der Waals surface area contributed by atoms with Crippen molar-refractivity contribution in [2.24, 2.45) is 11.8 Å². The number of ketones is 1. The number of rotatable bonds is 4. The summed E-state index contributed by atoms with van der Waals surface area (Å²) in [7, 11) is 0. The van der Waals surface area contributed by atoms with Crippen molar-refractivity contribution in [1.82, 2.24) is 0 Å². The fraction of sp³-hybridized carbons (Fsp3) is 0.929. The van der Waals surface area contributed by atoms with Crippen LogP contribution in [-0.2, 0) is 14.3 Å². The third kappa shape index (κ3) is 2.71. The van der Waals surface area contributed by atoms with E-state index in [9.17, 15) is 4.79 Å². The molecule has 1 saturated heterocycles. The van der Waals surface area contributed by atoms with E-state index < -0.39 is 5.60 Å². The van der Waals surface area contributed by atoms with Crippen LogP contribution in [-0.4, -0.2) is 31.2 Å². The van der Waals surface area contributed by atoms with Gasteiger partial charge in [-0.1, -0.05) is 6.92 Å². The molecule has 0 N–H and O–H groups in total. The van der Waals surface area contributed by atoms with Crippen molar-refractivity contribution < 1.29 is 14.3 Å². The minimum atomic E-state index is -0.486. The Morgan fingerprint density at radius 2 is 2.06 bits per heavy atom. The van der Waals surface area contributed by atoms with Gasteiger partial charge in [-0.05, 0) is 44.9 Å². The first-order chi connectivity index (χ1) is 8.18. The highest BCUT2D eigenvalue weighted by Crippen LogP contribution is 2.38. The van der Waals surface area contributed by atoms with E-state index in [0.717, 1.165) is 44.6 Å². The number of ether oxygens (including phenoxy) is 2. The number of Topliss-reactive ketones (excluding diaryl/α,β-unsaturated/α-hetero) is 1. The summed E-state index contributed by atoms with van der Waals surface area (Å²) < 4.78 is 11.2. The SMILES string of the molecule is CCOC1(C(=O)C2CCOC2)CCC(C)CC1. The van der Waals surface area contributed by atoms with Crippen molar-refractivity contribution in [2.45, 2.75) is 51.6 Å². The Morgan fingerprint density at radius 3 is 2.59 bits per heavy atom. The highest BCUT2D eigenvalue weighted by molar-refractivity contribution is 5.90. The van der Waals surface area contributed by atoms with Crippen LogP contribution in [0.15, 0.2) is 0 Å². The first-order valence-corrected chi connectivity index (χ1v) is 6.94. The van der Waals surface area contributed by atoms with E-state index in [4.69, 9.17) is 9.47 Å². The predicted octanol–water partition coefficient (Wildman–Crippen LogP) is 2.58. The molecule has 2 rings (SSSR count). The molecule has 0 aromatic heterocycles. The molecule has 0 spiro atoms. The summed E-state index contributed by atoms with van der Waals surface area (Å²) in [6, 6.07) is 0. The van der Waals surface area contributed by atoms with Crippen molar-refractivity contribution in [3.8, 4) is 0 Å². The van der Waals surface area contributed by atoms with Crippen molar-refractivity contribution in [2.75, 3.05) is 19.8 Å². The number of carbonyl (C=O) groups excluding carboxylic acids is 1. The smallest absolute Gasteiger partial charge is 0.170 e. The van der Waals surface area contributed by atoms with Crippen molar-refractivity contribution >= 4 is 5.78 Å². The molecule has 3 heteroatoms. The summed E-state index contributed by atoms with van der Waals surface area (Å²) >= 11 is 0. The maximum atomic E-state index is 12.6. The van der Waals surface area contributed by atoms with Crippen molar-refractivity contribution in [1.29, 1.82) is 0 Å². The van der Waals surface area contributed by atoms with E-state index in [-0.39, 0.29) is 5.92 Å². The van der Waals surface area contributed by atoms with Gasteiger partial charge >= 0.3 is 0 Å². The molecule has 1 aliphatic heterocycles. The zero-order valence-corrected chi connectivity index (χ0v) is 11.0. The van der Waals surface area contributed by atoms with E-state index in [1.807, 2.05) is 6.92 Å². The lowest BCUT2D eigenvalue weighted by Gasteiger charge is -2.39. The standard InChI is InChI=1S/C14H24O3/c1-3-17-14(7-4-11(2)5-8-14)13(15)12-6-9-16-10-12/h11-12H,3-10H2,1-2H3. The molecule has 1 aliphatic carbocycles. The van der Waals surface area contributed by atoms with Gasteiger partial charge in [-0.2, -0.15) is 0 Å². The van der Waals surface area contributed by atoms with Gasteiger partial charge in [-0.25, -0.2) is 0 Å². The second-order valence-electron chi connectivity index (χ2n) is 5.53. The molecule has 98 valence electrons. The van der Waals surface area contributed by atoms with Gasteiger partial charge in [-0.3, -0.25) is 4.79 Å². The van der Waals surface area contributed by atoms with Crippen LogP contribution >= 0.6 is 0 Å². The van der Waals surface area contributed by atoms with Gasteiger partial charge in [0.2, 0.25) is 0 Å². The van der Waals surface area contributed by atoms with Crippen LogP contribution in [0, 0.1) is 11.8 Å². The minimum absolute atomic E-state index is 0.0787. The minimum Gasteiger partial charge on any atom is -0.381 e. The molecule has 1 unspecified atom stereocenters. The van der Waals surface area contributed by atoms with Gasteiger partial charge in [0.15, 0.2) is 5.78 Å². The highest BCUT2D eigenvalue weighted by atomic mass is 16.5. The van der Waals surface area contributed by atoms with Crippen molar-refractivity contribution in [3.63, 3.8) is 0 Å². The highest BCUT2D eigenvalue weighted by Gasteiger charge is 2.45. The molecule has 3 nitrogen and oxygen atoms in total. The van der Waals surface area contributed by atoms with Crippen LogP contribution in [0.4, 0.5) is 0 Å². The largest absolute Gasteiger partial charge is 0.381 e. The lowest BCUT2D eigenvalue weighted by atomic mass is 9.74. The maximum Gasteiger partial charge on any atom is 0.170 e. The third-order valence-electron chi connectivity index (χ3n) is 4.25. The van der Waals surface area contributed by atoms with E-state index in [2.05, 4.69) is 6.92 Å². The molecule has 1 saturated carbocycles. The Kier molecular flexibility index (Phi) is 4.21. The summed E-state index contributed by atoms with van der Waals surface area (Å²) in [5.74, 6) is 1.12. The Labute approximate surface area is 104 Å². The quantitative estimate of drug-likeness (QED) is 0.757. The lowest BCUT2D eigenvalue weighted by molar-refractivity contribution is -0.154. The summed E-state index contributed by atoms with van der Waals surface area (Å²) in [5.41, 5.74) is -0.486. The Hall–Kier alpha value is -0.410. The average Bonchev–Trinajstić information content (AvgIpc) is 2.85. The molecule has 2 aliphatic rings. The van der Waals surface area contributed by atoms with Crippen LogP contribution in [0.25, 0.3) is 0 Å². The topological polar surface area (TPSA) is 35.5 Å². The van der Waals surface area contributed by atoms with Crippen LogP contribution < -0.4 is 0 Å². The van der Waals surface area contributed by atoms with Crippen molar-refractivity contribution in [3.05, 3.63) is 0 Å². The number of carbonyl (C=O) groups is 1. The van der Waals surface area contributed by atoms with E-state index >= 15 is 0 Å². The molecule has 0 aromatic carbocycles. The summed E-state index contributed by atoms with van der Waals surface area (Å²) in [4.78, 5) is 12.6. The maximum absolute atomic E-state index is 12.6. The van der Waals surface area contributed by atoms with Crippen LogP contribution in [0.2, 0.25) is 0 Å². The Balaban J connectivity index is 2.07. The van der Waals surface area contributed by atoms with E-state index in [1.54, 1.807) is 0 Å². The van der Waals surface area contributed by atoms with Crippen LogP contribution in [0.1, 0.15) is 46.0 Å². The fourth-order valence-corrected chi connectivity index (χ4v) is 3.08. The molecular weight excluding hydrogens is 216 g/mol. The van der Waals surface area contributed by atoms with Gasteiger partial charge in [0, 0.05) is 19.1 Å². The number of hydrogen-bond donors (Lipinski definition) is 0. The van der Waals surface area contributed by atoms with Gasteiger partial charge in [0.1, 0.15) is 5.60 Å². The summed E-state index contributed by atoms with van der Waals surface area (Å²) in [6.45, 7) is 6.21. The average molecular weight is 240 g/mol. The second kappa shape index (κ2) is 5.49. The zero-order valence-electron chi connectivity index (χ0n) is 11.0. The molecule has 2 fully saturated rings. The molecule has 0 radical (unpaired) electrons. The third-order valence-corrected chi connectivity index (χ3v) is 4.25. The predicted molar refractivity (Wildman–Crippen MR) is 65.9 cm³/mol. The second-order valence-corrected chi connectivity index (χ2v) is 5.53. The fourth-order valence-electron chi connectivity index (χ4n) is 3.08. The normalized spacial score (nSPS) is 38.2. The van der Waals surface area contributed by atoms with Gasteiger partial charge < -0.3 is 9.47 Å². The Bertz CT molecular complexity index is 261. The first kappa shape index (κ1) is 13.0. The van der Waals surface area contributed by atoms with Crippen LogP contribution in [0.5, 0.6) is 0 Å². The molecule has 0 aromatic rings. The molecular formula is C14H24O3. The van der Waals surface area contributed by atoms with Gasteiger partial charge in [-0.15, -0.1) is 0 Å². The Morgan fingerprint density at radius 1 is 1.35 bits per heavy atom. The molecule has 0 amide bonds. The molecule has 1 heterocycles. The van der Waals surface area contributed by atoms with Gasteiger partial charge in [0.05, 0.1) is 6.61 Å². The van der Waals surface area contributed by atoms with E-state index in [0.29, 0.717) is 19.0 Å². The monoisotopic (exact) mass is 240 g/mol. The number of hydrogen-bond acceptors (Lipinski definition) is 3.